The Morgan fingerprint density at radius 1 is 0.846 bits per heavy atom. The molecule has 0 saturated heterocycles. The lowest BCUT2D eigenvalue weighted by Gasteiger charge is -2.08. The average Bonchev–Trinajstić information content (AvgIpc) is 3.12. The van der Waals surface area contributed by atoms with Gasteiger partial charge in [-0.05, 0) is 52.0 Å². The van der Waals surface area contributed by atoms with E-state index in [-0.39, 0.29) is 11.8 Å². The van der Waals surface area contributed by atoms with Gasteiger partial charge in [-0.2, -0.15) is 0 Å². The van der Waals surface area contributed by atoms with Crippen molar-refractivity contribution in [3.63, 3.8) is 0 Å². The van der Waals surface area contributed by atoms with Crippen LogP contribution in [0.25, 0.3) is 0 Å². The number of hydrogen-bond donors (Lipinski definition) is 2. The lowest BCUT2D eigenvalue weighted by atomic mass is 10.1. The van der Waals surface area contributed by atoms with Crippen molar-refractivity contribution in [3.8, 4) is 0 Å². The van der Waals surface area contributed by atoms with E-state index in [1.54, 1.807) is 38.1 Å². The van der Waals surface area contributed by atoms with Crippen LogP contribution in [-0.2, 0) is 0 Å². The van der Waals surface area contributed by atoms with Crippen LogP contribution >= 0.6 is 0 Å². The fourth-order valence-electron chi connectivity index (χ4n) is 2.67. The van der Waals surface area contributed by atoms with Crippen molar-refractivity contribution in [1.29, 1.82) is 0 Å². The minimum absolute atomic E-state index is 0.228. The predicted molar refractivity (Wildman–Crippen MR) is 96.5 cm³/mol. The highest BCUT2D eigenvalue weighted by Gasteiger charge is 2.18. The number of benzene rings is 1. The smallest absolute Gasteiger partial charge is 0.260 e. The maximum Gasteiger partial charge on any atom is 0.260 e. The SMILES string of the molecule is Cc1oncc1C(=O)Nc1ccc(NC(=O)c2c(C)oc(C)c2C)cc1. The first-order valence-electron chi connectivity index (χ1n) is 8.07. The van der Waals surface area contributed by atoms with Crippen molar-refractivity contribution >= 4 is 23.2 Å². The maximum absolute atomic E-state index is 12.5. The van der Waals surface area contributed by atoms with E-state index in [1.807, 2.05) is 13.8 Å². The first-order chi connectivity index (χ1) is 12.4. The molecule has 2 heterocycles. The van der Waals surface area contributed by atoms with E-state index < -0.39 is 0 Å². The van der Waals surface area contributed by atoms with Gasteiger partial charge >= 0.3 is 0 Å². The number of aryl methyl sites for hydroxylation is 3. The number of nitrogens with one attached hydrogen (secondary N) is 2. The molecule has 0 atom stereocenters. The summed E-state index contributed by atoms with van der Waals surface area (Å²) in [6.45, 7) is 7.11. The van der Waals surface area contributed by atoms with Crippen LogP contribution in [0.2, 0.25) is 0 Å². The van der Waals surface area contributed by atoms with Gasteiger partial charge < -0.3 is 19.6 Å². The van der Waals surface area contributed by atoms with E-state index in [1.165, 1.54) is 6.20 Å². The lowest BCUT2D eigenvalue weighted by Crippen LogP contribution is -2.14. The molecule has 0 unspecified atom stereocenters. The molecular weight excluding hydrogens is 334 g/mol. The van der Waals surface area contributed by atoms with Gasteiger partial charge in [0, 0.05) is 16.9 Å². The predicted octanol–water partition coefficient (Wildman–Crippen LogP) is 4.01. The number of nitrogens with zero attached hydrogens (tertiary/aromatic N) is 1. The van der Waals surface area contributed by atoms with Crippen LogP contribution in [0, 0.1) is 27.7 Å². The highest BCUT2D eigenvalue weighted by atomic mass is 16.5. The first kappa shape index (κ1) is 17.5. The highest BCUT2D eigenvalue weighted by Crippen LogP contribution is 2.22. The summed E-state index contributed by atoms with van der Waals surface area (Å²) in [5, 5.41) is 9.17. The Kier molecular flexibility index (Phi) is 4.62. The molecule has 0 aliphatic heterocycles. The number of carbonyl (C=O) groups is 2. The van der Waals surface area contributed by atoms with Gasteiger partial charge in [-0.3, -0.25) is 9.59 Å². The summed E-state index contributed by atoms with van der Waals surface area (Å²) in [6, 6.07) is 6.84. The van der Waals surface area contributed by atoms with Crippen LogP contribution in [0.4, 0.5) is 11.4 Å². The van der Waals surface area contributed by atoms with E-state index in [4.69, 9.17) is 8.94 Å². The van der Waals surface area contributed by atoms with Gasteiger partial charge in [0.2, 0.25) is 0 Å². The quantitative estimate of drug-likeness (QED) is 0.739. The molecule has 7 nitrogen and oxygen atoms in total. The molecule has 3 aromatic rings. The second-order valence-corrected chi connectivity index (χ2v) is 6.00. The fraction of sp³-hybridized carbons (Fsp3) is 0.211. The van der Waals surface area contributed by atoms with Gasteiger partial charge in [0.15, 0.2) is 0 Å². The standard InChI is InChI=1S/C19H19N3O4/c1-10-11(2)25-13(4)17(10)19(24)22-15-7-5-14(6-8-15)21-18(23)16-9-20-26-12(16)3/h5-9H,1-4H3,(H,21,23)(H,22,24). The van der Waals surface area contributed by atoms with Gasteiger partial charge in [-0.15, -0.1) is 0 Å². The van der Waals surface area contributed by atoms with Crippen molar-refractivity contribution in [2.45, 2.75) is 27.7 Å². The number of furan rings is 1. The number of rotatable bonds is 4. The summed E-state index contributed by atoms with van der Waals surface area (Å²) >= 11 is 0. The topological polar surface area (TPSA) is 97.4 Å². The Morgan fingerprint density at radius 2 is 1.42 bits per heavy atom. The molecule has 0 saturated carbocycles. The molecule has 0 fully saturated rings. The number of carbonyl (C=O) groups excluding carboxylic acids is 2. The Morgan fingerprint density at radius 3 is 1.88 bits per heavy atom. The number of hydrogen-bond acceptors (Lipinski definition) is 5. The molecule has 7 heteroatoms. The molecule has 26 heavy (non-hydrogen) atoms. The Labute approximate surface area is 150 Å². The van der Waals surface area contributed by atoms with Crippen LogP contribution in [-0.4, -0.2) is 17.0 Å². The zero-order valence-corrected chi connectivity index (χ0v) is 15.0. The second-order valence-electron chi connectivity index (χ2n) is 6.00. The molecule has 0 bridgehead atoms. The molecule has 0 aliphatic rings. The molecule has 2 aromatic heterocycles. The van der Waals surface area contributed by atoms with Crippen LogP contribution in [0.15, 0.2) is 39.4 Å². The van der Waals surface area contributed by atoms with Crippen molar-refractivity contribution in [2.24, 2.45) is 0 Å². The third kappa shape index (κ3) is 3.37. The number of anilines is 2. The normalized spacial score (nSPS) is 10.6. The van der Waals surface area contributed by atoms with Crippen molar-refractivity contribution in [3.05, 3.63) is 64.4 Å². The molecule has 0 radical (unpaired) electrons. The van der Waals surface area contributed by atoms with Gasteiger partial charge in [0.05, 0.1) is 11.8 Å². The number of amides is 2. The average molecular weight is 353 g/mol. The van der Waals surface area contributed by atoms with Crippen molar-refractivity contribution < 1.29 is 18.5 Å². The van der Waals surface area contributed by atoms with Crippen molar-refractivity contribution in [2.75, 3.05) is 10.6 Å². The molecule has 0 spiro atoms. The molecule has 2 N–H and O–H groups in total. The van der Waals surface area contributed by atoms with Crippen LogP contribution in [0.3, 0.4) is 0 Å². The highest BCUT2D eigenvalue weighted by molar-refractivity contribution is 6.07. The van der Waals surface area contributed by atoms with E-state index in [0.29, 0.717) is 34.0 Å². The van der Waals surface area contributed by atoms with Gasteiger partial charge in [-0.1, -0.05) is 5.16 Å². The fourth-order valence-corrected chi connectivity index (χ4v) is 2.67. The van der Waals surface area contributed by atoms with Crippen LogP contribution in [0.1, 0.15) is 43.6 Å². The monoisotopic (exact) mass is 353 g/mol. The van der Waals surface area contributed by atoms with Crippen LogP contribution < -0.4 is 10.6 Å². The lowest BCUT2D eigenvalue weighted by molar-refractivity contribution is 0.101. The zero-order valence-electron chi connectivity index (χ0n) is 15.0. The Hall–Kier alpha value is -3.35. The molecule has 0 aliphatic carbocycles. The van der Waals surface area contributed by atoms with Gasteiger partial charge in [0.1, 0.15) is 22.8 Å². The van der Waals surface area contributed by atoms with E-state index >= 15 is 0 Å². The van der Waals surface area contributed by atoms with Crippen molar-refractivity contribution in [1.82, 2.24) is 5.16 Å². The van der Waals surface area contributed by atoms with Gasteiger partial charge in [0.25, 0.3) is 11.8 Å². The summed E-state index contributed by atoms with van der Waals surface area (Å²) in [5.41, 5.74) is 2.96. The largest absolute Gasteiger partial charge is 0.466 e. The summed E-state index contributed by atoms with van der Waals surface area (Å²) < 4.78 is 10.4. The minimum atomic E-state index is -0.305. The zero-order chi connectivity index (χ0) is 18.8. The molecule has 2 amide bonds. The molecule has 134 valence electrons. The summed E-state index contributed by atoms with van der Waals surface area (Å²) in [7, 11) is 0. The maximum atomic E-state index is 12.5. The Bertz CT molecular complexity index is 967. The molecule has 1 aromatic carbocycles. The summed E-state index contributed by atoms with van der Waals surface area (Å²) in [5.74, 6) is 1.24. The van der Waals surface area contributed by atoms with E-state index in [0.717, 1.165) is 11.3 Å². The first-order valence-corrected chi connectivity index (χ1v) is 8.07. The third-order valence-corrected chi connectivity index (χ3v) is 4.18. The second kappa shape index (κ2) is 6.87. The van der Waals surface area contributed by atoms with Crippen LogP contribution in [0.5, 0.6) is 0 Å². The molecule has 3 rings (SSSR count). The summed E-state index contributed by atoms with van der Waals surface area (Å²) in [4.78, 5) is 24.6. The third-order valence-electron chi connectivity index (χ3n) is 4.18. The van der Waals surface area contributed by atoms with E-state index in [9.17, 15) is 9.59 Å². The Balaban J connectivity index is 1.69. The van der Waals surface area contributed by atoms with Gasteiger partial charge in [-0.25, -0.2) is 0 Å². The summed E-state index contributed by atoms with van der Waals surface area (Å²) in [6.07, 6.45) is 1.37. The van der Waals surface area contributed by atoms with E-state index in [2.05, 4.69) is 15.8 Å². The minimum Gasteiger partial charge on any atom is -0.466 e. The number of aromatic nitrogens is 1. The molecular formula is C19H19N3O4.